The smallest absolute Gasteiger partial charge is 0.195 e. The van der Waals surface area contributed by atoms with Gasteiger partial charge in [0.1, 0.15) is 11.9 Å². The minimum atomic E-state index is -0.465. The number of carbonyl (C=O) groups excluding carboxylic acids is 1. The Hall–Kier alpha value is -1.13. The van der Waals surface area contributed by atoms with Crippen LogP contribution in [0, 0.1) is 0 Å². The van der Waals surface area contributed by atoms with E-state index in [2.05, 4.69) is 4.98 Å². The molecule has 0 aromatic carbocycles. The third-order valence-electron chi connectivity index (χ3n) is 2.36. The molecule has 0 saturated carbocycles. The fourth-order valence-electron chi connectivity index (χ4n) is 1.57. The van der Waals surface area contributed by atoms with Crippen molar-refractivity contribution >= 4 is 23.2 Å². The molecule has 4 nitrogen and oxygen atoms in total. The number of nitrogens with two attached hydrogens (primary N) is 1. The quantitative estimate of drug-likeness (QED) is 0.795. The van der Waals surface area contributed by atoms with Crippen LogP contribution in [0.4, 0.5) is 5.82 Å². The van der Waals surface area contributed by atoms with Crippen LogP contribution in [0.5, 0.6) is 0 Å². The van der Waals surface area contributed by atoms with Crippen LogP contribution >= 0.6 is 11.6 Å². The van der Waals surface area contributed by atoms with Crippen molar-refractivity contribution < 1.29 is 9.53 Å². The molecule has 94 valence electrons. The van der Waals surface area contributed by atoms with Crippen molar-refractivity contribution in [2.45, 2.75) is 32.8 Å². The Labute approximate surface area is 106 Å². The Bertz CT molecular complexity index is 390. The van der Waals surface area contributed by atoms with Crippen molar-refractivity contribution in [2.75, 3.05) is 12.3 Å². The molecule has 5 heteroatoms. The summed E-state index contributed by atoms with van der Waals surface area (Å²) in [5, 5.41) is 0.397. The van der Waals surface area contributed by atoms with Crippen molar-refractivity contribution in [2.24, 2.45) is 0 Å². The molecule has 1 aromatic rings. The second-order valence-electron chi connectivity index (χ2n) is 3.68. The molecule has 1 atom stereocenters. The van der Waals surface area contributed by atoms with E-state index in [9.17, 15) is 4.79 Å². The summed E-state index contributed by atoms with van der Waals surface area (Å²) in [5.41, 5.74) is 6.01. The van der Waals surface area contributed by atoms with Gasteiger partial charge < -0.3 is 10.5 Å². The number of rotatable bonds is 6. The van der Waals surface area contributed by atoms with Crippen molar-refractivity contribution in [3.63, 3.8) is 0 Å². The third kappa shape index (κ3) is 3.68. The summed E-state index contributed by atoms with van der Waals surface area (Å²) >= 11 is 5.81. The molecule has 0 bridgehead atoms. The Kier molecular flexibility index (Phi) is 5.38. The van der Waals surface area contributed by atoms with Gasteiger partial charge in [0.25, 0.3) is 0 Å². The summed E-state index contributed by atoms with van der Waals surface area (Å²) in [5.74, 6) is 0.0430. The van der Waals surface area contributed by atoms with E-state index >= 15 is 0 Å². The lowest BCUT2D eigenvalue weighted by molar-refractivity contribution is 0.0424. The fourth-order valence-corrected chi connectivity index (χ4v) is 1.73. The Balaban J connectivity index is 2.95. The summed E-state index contributed by atoms with van der Waals surface area (Å²) in [6.07, 6.45) is 2.49. The zero-order valence-corrected chi connectivity index (χ0v) is 10.8. The second-order valence-corrected chi connectivity index (χ2v) is 4.12. The van der Waals surface area contributed by atoms with E-state index in [0.29, 0.717) is 23.6 Å². The lowest BCUT2D eigenvalue weighted by atomic mass is 10.0. The van der Waals surface area contributed by atoms with Gasteiger partial charge >= 0.3 is 0 Å². The predicted molar refractivity (Wildman–Crippen MR) is 68.3 cm³/mol. The van der Waals surface area contributed by atoms with E-state index in [-0.39, 0.29) is 11.6 Å². The summed E-state index contributed by atoms with van der Waals surface area (Å²) in [7, 11) is 0. The molecule has 1 unspecified atom stereocenters. The number of aromatic nitrogens is 1. The van der Waals surface area contributed by atoms with Crippen LogP contribution in [0.25, 0.3) is 0 Å². The molecular weight excluding hydrogens is 240 g/mol. The van der Waals surface area contributed by atoms with Crippen molar-refractivity contribution in [3.05, 3.63) is 22.8 Å². The highest BCUT2D eigenvalue weighted by molar-refractivity contribution is 6.31. The highest BCUT2D eigenvalue weighted by Gasteiger charge is 2.22. The van der Waals surface area contributed by atoms with Gasteiger partial charge in [-0.3, -0.25) is 4.79 Å². The molecule has 0 aliphatic carbocycles. The number of hydrogen-bond donors (Lipinski definition) is 1. The number of carbonyl (C=O) groups is 1. The van der Waals surface area contributed by atoms with Gasteiger partial charge in [-0.2, -0.15) is 0 Å². The maximum atomic E-state index is 12.2. The zero-order chi connectivity index (χ0) is 12.8. The molecule has 0 amide bonds. The minimum Gasteiger partial charge on any atom is -0.383 e. The first-order chi connectivity index (χ1) is 8.10. The van der Waals surface area contributed by atoms with Gasteiger partial charge in [0.2, 0.25) is 0 Å². The Morgan fingerprint density at radius 1 is 1.59 bits per heavy atom. The van der Waals surface area contributed by atoms with E-state index in [1.54, 1.807) is 0 Å². The number of pyridine rings is 1. The Morgan fingerprint density at radius 2 is 2.29 bits per heavy atom. The van der Waals surface area contributed by atoms with Crippen LogP contribution in [0.1, 0.15) is 37.0 Å². The molecule has 0 aliphatic rings. The average molecular weight is 257 g/mol. The first kappa shape index (κ1) is 13.9. The fraction of sp³-hybridized carbons (Fsp3) is 0.500. The highest BCUT2D eigenvalue weighted by Crippen LogP contribution is 2.19. The van der Waals surface area contributed by atoms with E-state index in [1.807, 2.05) is 13.8 Å². The number of anilines is 1. The van der Waals surface area contributed by atoms with Crippen molar-refractivity contribution in [3.8, 4) is 0 Å². The molecular formula is C12H17ClN2O2. The number of ether oxygens (including phenoxy) is 1. The molecule has 1 aromatic heterocycles. The van der Waals surface area contributed by atoms with Crippen LogP contribution in [0.3, 0.4) is 0 Å². The zero-order valence-electron chi connectivity index (χ0n) is 10.1. The first-order valence-corrected chi connectivity index (χ1v) is 6.04. The average Bonchev–Trinajstić information content (AvgIpc) is 2.31. The predicted octanol–water partition coefficient (Wildman–Crippen LogP) is 2.71. The Morgan fingerprint density at radius 3 is 2.88 bits per heavy atom. The summed E-state index contributed by atoms with van der Waals surface area (Å²) in [6.45, 7) is 4.35. The maximum Gasteiger partial charge on any atom is 0.195 e. The van der Waals surface area contributed by atoms with Crippen LogP contribution in [0.15, 0.2) is 12.3 Å². The lowest BCUT2D eigenvalue weighted by Crippen LogP contribution is -2.25. The number of hydrogen-bond acceptors (Lipinski definition) is 4. The van der Waals surface area contributed by atoms with Crippen molar-refractivity contribution in [1.82, 2.24) is 4.98 Å². The third-order valence-corrected chi connectivity index (χ3v) is 2.57. The van der Waals surface area contributed by atoms with Gasteiger partial charge in [-0.1, -0.05) is 24.9 Å². The topological polar surface area (TPSA) is 65.2 Å². The molecule has 2 N–H and O–H groups in total. The molecule has 0 fully saturated rings. The molecule has 1 heterocycles. The van der Waals surface area contributed by atoms with Gasteiger partial charge in [-0.25, -0.2) is 4.98 Å². The standard InChI is InChI=1S/C12H17ClN2O2/c1-3-5-10(17-4-2)11(16)9-6-8(13)7-15-12(9)14/h6-7,10H,3-5H2,1-2H3,(H2,14,15). The van der Waals surface area contributed by atoms with E-state index < -0.39 is 6.10 Å². The number of Topliss-reactive ketones (excluding diaryl/α,β-unsaturated/α-hetero) is 1. The minimum absolute atomic E-state index is 0.152. The molecule has 17 heavy (non-hydrogen) atoms. The van der Waals surface area contributed by atoms with Gasteiger partial charge in [-0.05, 0) is 19.4 Å². The van der Waals surface area contributed by atoms with E-state index in [1.165, 1.54) is 12.3 Å². The number of nitrogens with zero attached hydrogens (tertiary/aromatic N) is 1. The normalized spacial score (nSPS) is 12.4. The van der Waals surface area contributed by atoms with Gasteiger partial charge in [0.05, 0.1) is 10.6 Å². The lowest BCUT2D eigenvalue weighted by Gasteiger charge is -2.15. The summed E-state index contributed by atoms with van der Waals surface area (Å²) in [6, 6.07) is 1.54. The van der Waals surface area contributed by atoms with E-state index in [0.717, 1.165) is 6.42 Å². The van der Waals surface area contributed by atoms with Crippen LogP contribution in [-0.4, -0.2) is 23.5 Å². The van der Waals surface area contributed by atoms with Crippen LogP contribution in [-0.2, 0) is 4.74 Å². The number of nitrogen functional groups attached to an aromatic ring is 1. The van der Waals surface area contributed by atoms with Crippen LogP contribution in [0.2, 0.25) is 5.02 Å². The molecule has 0 aliphatic heterocycles. The number of halogens is 1. The van der Waals surface area contributed by atoms with Gasteiger partial charge in [0.15, 0.2) is 5.78 Å². The number of ketones is 1. The largest absolute Gasteiger partial charge is 0.383 e. The first-order valence-electron chi connectivity index (χ1n) is 5.67. The molecule has 0 saturated heterocycles. The monoisotopic (exact) mass is 256 g/mol. The maximum absolute atomic E-state index is 12.2. The molecule has 0 spiro atoms. The van der Waals surface area contributed by atoms with Crippen molar-refractivity contribution in [1.29, 1.82) is 0 Å². The van der Waals surface area contributed by atoms with Gasteiger partial charge in [-0.15, -0.1) is 0 Å². The van der Waals surface area contributed by atoms with Gasteiger partial charge in [0, 0.05) is 12.8 Å². The van der Waals surface area contributed by atoms with E-state index in [4.69, 9.17) is 22.1 Å². The summed E-state index contributed by atoms with van der Waals surface area (Å²) < 4.78 is 5.42. The molecule has 1 rings (SSSR count). The highest BCUT2D eigenvalue weighted by atomic mass is 35.5. The molecule has 0 radical (unpaired) electrons. The summed E-state index contributed by atoms with van der Waals surface area (Å²) in [4.78, 5) is 16.1. The SMILES string of the molecule is CCCC(OCC)C(=O)c1cc(Cl)cnc1N. The second kappa shape index (κ2) is 6.57. The van der Waals surface area contributed by atoms with Crippen LogP contribution < -0.4 is 5.73 Å².